The molecule has 5 nitrogen and oxygen atoms in total. The first-order valence-corrected chi connectivity index (χ1v) is 9.49. The van der Waals surface area contributed by atoms with Crippen molar-refractivity contribution in [2.24, 2.45) is 0 Å². The summed E-state index contributed by atoms with van der Waals surface area (Å²) in [6, 6.07) is 3.98. The van der Waals surface area contributed by atoms with Crippen molar-refractivity contribution in [3.05, 3.63) is 45.9 Å². The fourth-order valence-corrected chi connectivity index (χ4v) is 4.43. The van der Waals surface area contributed by atoms with E-state index in [0.29, 0.717) is 11.3 Å². The number of thiophene rings is 1. The van der Waals surface area contributed by atoms with Crippen molar-refractivity contribution in [1.29, 1.82) is 0 Å². The topological polar surface area (TPSA) is 56.4 Å². The summed E-state index contributed by atoms with van der Waals surface area (Å²) in [6.45, 7) is 2.40. The Bertz CT molecular complexity index is 731. The quantitative estimate of drug-likeness (QED) is 0.930. The van der Waals surface area contributed by atoms with E-state index in [1.165, 1.54) is 5.56 Å². The van der Waals surface area contributed by atoms with Crippen molar-refractivity contribution in [2.75, 3.05) is 19.6 Å². The molecule has 2 aromatic heterocycles. The van der Waals surface area contributed by atoms with Gasteiger partial charge in [-0.25, -0.2) is 0 Å². The molecule has 1 atom stereocenters. The maximum absolute atomic E-state index is 12.9. The lowest BCUT2D eigenvalue weighted by Crippen LogP contribution is -2.30. The molecule has 0 aliphatic carbocycles. The highest BCUT2D eigenvalue weighted by Crippen LogP contribution is 2.34. The van der Waals surface area contributed by atoms with Crippen LogP contribution in [0.3, 0.4) is 0 Å². The molecule has 1 N–H and O–H groups in total. The predicted molar refractivity (Wildman–Crippen MR) is 93.3 cm³/mol. The van der Waals surface area contributed by atoms with Crippen LogP contribution >= 0.6 is 11.3 Å². The molecule has 2 aliphatic rings. The van der Waals surface area contributed by atoms with E-state index < -0.39 is 0 Å². The summed E-state index contributed by atoms with van der Waals surface area (Å²) >= 11 is 1.66. The Morgan fingerprint density at radius 3 is 2.71 bits per heavy atom. The highest BCUT2D eigenvalue weighted by atomic mass is 32.1. The van der Waals surface area contributed by atoms with Gasteiger partial charge in [-0.3, -0.25) is 9.59 Å². The molecule has 126 valence electrons. The number of likely N-dealkylation sites (tertiary alicyclic amines) is 2. The van der Waals surface area contributed by atoms with Gasteiger partial charge < -0.3 is 14.8 Å². The smallest absolute Gasteiger partial charge is 0.270 e. The molecule has 2 fully saturated rings. The zero-order chi connectivity index (χ0) is 16.5. The van der Waals surface area contributed by atoms with Gasteiger partial charge in [-0.2, -0.15) is 11.3 Å². The number of nitrogens with one attached hydrogen (secondary N) is 1. The summed E-state index contributed by atoms with van der Waals surface area (Å²) in [5.41, 5.74) is 2.32. The first-order valence-electron chi connectivity index (χ1n) is 8.55. The maximum atomic E-state index is 12.9. The van der Waals surface area contributed by atoms with Crippen LogP contribution in [-0.4, -0.2) is 46.2 Å². The molecule has 2 aliphatic heterocycles. The number of carbonyl (C=O) groups excluding carboxylic acids is 2. The number of rotatable bonds is 3. The largest absolute Gasteiger partial charge is 0.356 e. The van der Waals surface area contributed by atoms with Crippen LogP contribution in [-0.2, 0) is 0 Å². The summed E-state index contributed by atoms with van der Waals surface area (Å²) in [7, 11) is 0. The van der Waals surface area contributed by atoms with Crippen molar-refractivity contribution in [2.45, 2.75) is 31.7 Å². The second kappa shape index (κ2) is 6.43. The molecule has 6 heteroatoms. The molecule has 0 unspecified atom stereocenters. The molecule has 2 saturated heterocycles. The molecule has 24 heavy (non-hydrogen) atoms. The standard InChI is InChI=1S/C18H21N3O2S/c22-17(21-8-3-4-16(21)13-5-9-24-12-13)14-10-15(19-11-14)18(23)20-6-1-2-7-20/h5,9-12,16,19H,1-4,6-8H2/t16-/m1/s1. The zero-order valence-corrected chi connectivity index (χ0v) is 14.3. The Kier molecular flexibility index (Phi) is 4.14. The molecule has 2 aromatic rings. The monoisotopic (exact) mass is 343 g/mol. The number of carbonyl (C=O) groups is 2. The molecule has 0 radical (unpaired) electrons. The van der Waals surface area contributed by atoms with Crippen molar-refractivity contribution in [1.82, 2.24) is 14.8 Å². The molecule has 0 spiro atoms. The third-order valence-corrected chi connectivity index (χ3v) is 5.70. The second-order valence-corrected chi connectivity index (χ2v) is 7.29. The minimum atomic E-state index is 0.00218. The van der Waals surface area contributed by atoms with E-state index >= 15 is 0 Å². The van der Waals surface area contributed by atoms with Crippen LogP contribution in [0.15, 0.2) is 29.1 Å². The zero-order valence-electron chi connectivity index (χ0n) is 13.5. The van der Waals surface area contributed by atoms with E-state index in [1.54, 1.807) is 23.6 Å². The lowest BCUT2D eigenvalue weighted by Gasteiger charge is -2.23. The van der Waals surface area contributed by atoms with Gasteiger partial charge in [-0.05, 0) is 54.1 Å². The van der Waals surface area contributed by atoms with Gasteiger partial charge in [0.1, 0.15) is 5.69 Å². The van der Waals surface area contributed by atoms with Gasteiger partial charge in [0.25, 0.3) is 11.8 Å². The number of amides is 2. The molecule has 0 aromatic carbocycles. The average Bonchev–Trinajstić information content (AvgIpc) is 3.41. The molecular weight excluding hydrogens is 322 g/mol. The van der Waals surface area contributed by atoms with Gasteiger partial charge in [0, 0.05) is 25.8 Å². The fourth-order valence-electron chi connectivity index (χ4n) is 3.72. The van der Waals surface area contributed by atoms with Crippen molar-refractivity contribution >= 4 is 23.2 Å². The Hall–Kier alpha value is -2.08. The second-order valence-electron chi connectivity index (χ2n) is 6.51. The highest BCUT2D eigenvalue weighted by molar-refractivity contribution is 7.08. The Labute approximate surface area is 145 Å². The third-order valence-electron chi connectivity index (χ3n) is 5.00. The van der Waals surface area contributed by atoms with Gasteiger partial charge in [-0.15, -0.1) is 0 Å². The van der Waals surface area contributed by atoms with E-state index in [0.717, 1.165) is 45.3 Å². The van der Waals surface area contributed by atoms with E-state index in [1.807, 2.05) is 9.80 Å². The van der Waals surface area contributed by atoms with E-state index in [9.17, 15) is 9.59 Å². The van der Waals surface area contributed by atoms with Crippen molar-refractivity contribution in [3.63, 3.8) is 0 Å². The Balaban J connectivity index is 1.51. The number of hydrogen-bond donors (Lipinski definition) is 1. The summed E-state index contributed by atoms with van der Waals surface area (Å²) in [5.74, 6) is 0.0165. The van der Waals surface area contributed by atoms with Gasteiger partial charge in [0.2, 0.25) is 0 Å². The lowest BCUT2D eigenvalue weighted by atomic mass is 10.1. The number of hydrogen-bond acceptors (Lipinski definition) is 3. The summed E-state index contributed by atoms with van der Waals surface area (Å²) in [5, 5.41) is 4.18. The van der Waals surface area contributed by atoms with E-state index in [2.05, 4.69) is 21.8 Å². The summed E-state index contributed by atoms with van der Waals surface area (Å²) in [4.78, 5) is 32.1. The molecule has 2 amide bonds. The average molecular weight is 343 g/mol. The highest BCUT2D eigenvalue weighted by Gasteiger charge is 2.31. The summed E-state index contributed by atoms with van der Waals surface area (Å²) < 4.78 is 0. The molecule has 4 rings (SSSR count). The minimum absolute atomic E-state index is 0.00218. The van der Waals surface area contributed by atoms with E-state index in [4.69, 9.17) is 0 Å². The predicted octanol–water partition coefficient (Wildman–Crippen LogP) is 3.29. The van der Waals surface area contributed by atoms with Gasteiger partial charge in [0.05, 0.1) is 11.6 Å². The fraction of sp³-hybridized carbons (Fsp3) is 0.444. The normalized spacial score (nSPS) is 20.8. The van der Waals surface area contributed by atoms with Crippen LogP contribution in [0.5, 0.6) is 0 Å². The van der Waals surface area contributed by atoms with Crippen LogP contribution in [0.1, 0.15) is 58.1 Å². The van der Waals surface area contributed by atoms with E-state index in [-0.39, 0.29) is 17.9 Å². The van der Waals surface area contributed by atoms with Crippen LogP contribution in [0.4, 0.5) is 0 Å². The molecular formula is C18H21N3O2S. The van der Waals surface area contributed by atoms with Crippen LogP contribution in [0.2, 0.25) is 0 Å². The lowest BCUT2D eigenvalue weighted by molar-refractivity contribution is 0.0736. The molecule has 0 bridgehead atoms. The number of H-pyrrole nitrogens is 1. The first-order chi connectivity index (χ1) is 11.7. The maximum Gasteiger partial charge on any atom is 0.270 e. The first kappa shape index (κ1) is 15.4. The Morgan fingerprint density at radius 2 is 1.96 bits per heavy atom. The van der Waals surface area contributed by atoms with Crippen molar-refractivity contribution in [3.8, 4) is 0 Å². The van der Waals surface area contributed by atoms with Crippen molar-refractivity contribution < 1.29 is 9.59 Å². The van der Waals surface area contributed by atoms with Crippen LogP contribution in [0.25, 0.3) is 0 Å². The molecule has 4 heterocycles. The number of aromatic amines is 1. The SMILES string of the molecule is O=C(c1cc(C(=O)N2CCC[C@@H]2c2ccsc2)c[nH]1)N1CCCC1. The minimum Gasteiger partial charge on any atom is -0.356 e. The number of nitrogens with zero attached hydrogens (tertiary/aromatic N) is 2. The van der Waals surface area contributed by atoms with Crippen LogP contribution in [0, 0.1) is 0 Å². The summed E-state index contributed by atoms with van der Waals surface area (Å²) in [6.07, 6.45) is 5.83. The third kappa shape index (κ3) is 2.75. The van der Waals surface area contributed by atoms with Gasteiger partial charge in [0.15, 0.2) is 0 Å². The van der Waals surface area contributed by atoms with Gasteiger partial charge in [-0.1, -0.05) is 0 Å². The molecule has 0 saturated carbocycles. The number of aromatic nitrogens is 1. The van der Waals surface area contributed by atoms with Gasteiger partial charge >= 0.3 is 0 Å². The van der Waals surface area contributed by atoms with Crippen LogP contribution < -0.4 is 0 Å². The Morgan fingerprint density at radius 1 is 1.12 bits per heavy atom.